The van der Waals surface area contributed by atoms with Crippen LogP contribution in [-0.2, 0) is 0 Å². The molecule has 4 nitrogen and oxygen atoms in total. The Morgan fingerprint density at radius 3 is 2.30 bits per heavy atom. The molecule has 0 aliphatic rings. The molecule has 1 aromatic carbocycles. The van der Waals surface area contributed by atoms with Crippen molar-refractivity contribution in [2.45, 2.75) is 0 Å². The molecule has 0 atom stereocenters. The fraction of sp³-hybridized carbons (Fsp3) is 0. The fourth-order valence-corrected chi connectivity index (χ4v) is 1.43. The predicted octanol–water partition coefficient (Wildman–Crippen LogP) is 2.60. The van der Waals surface area contributed by atoms with Gasteiger partial charge in [0.15, 0.2) is 29.0 Å². The molecule has 0 saturated carbocycles. The number of nitrogens with one attached hydrogen (secondary N) is 1. The molecule has 8 heteroatoms. The summed E-state index contributed by atoms with van der Waals surface area (Å²) in [6.45, 7) is 0. The highest BCUT2D eigenvalue weighted by Crippen LogP contribution is 2.25. The summed E-state index contributed by atoms with van der Waals surface area (Å²) >= 11 is 0. The van der Waals surface area contributed by atoms with E-state index in [4.69, 9.17) is 0 Å². The Morgan fingerprint density at radius 1 is 1.15 bits per heavy atom. The summed E-state index contributed by atoms with van der Waals surface area (Å²) in [5.74, 6) is -8.61. The molecule has 104 valence electrons. The van der Waals surface area contributed by atoms with Gasteiger partial charge in [0.05, 0.1) is 0 Å². The van der Waals surface area contributed by atoms with E-state index in [1.807, 2.05) is 0 Å². The van der Waals surface area contributed by atoms with E-state index in [1.54, 1.807) is 5.32 Å². The summed E-state index contributed by atoms with van der Waals surface area (Å²) in [5, 5.41) is 11.0. The lowest BCUT2D eigenvalue weighted by Gasteiger charge is -2.09. The van der Waals surface area contributed by atoms with Crippen molar-refractivity contribution in [3.8, 4) is 5.75 Å². The Morgan fingerprint density at radius 2 is 1.75 bits per heavy atom. The molecule has 0 bridgehead atoms. The van der Waals surface area contributed by atoms with Gasteiger partial charge in [0.2, 0.25) is 0 Å². The molecule has 1 aromatic heterocycles. The van der Waals surface area contributed by atoms with Crippen LogP contribution >= 0.6 is 0 Å². The molecule has 2 N–H and O–H groups in total. The third-order valence-corrected chi connectivity index (χ3v) is 2.35. The first-order chi connectivity index (χ1) is 9.41. The molecule has 0 saturated heterocycles. The van der Waals surface area contributed by atoms with Crippen LogP contribution in [0.4, 0.5) is 23.2 Å². The summed E-state index contributed by atoms with van der Waals surface area (Å²) in [6, 6.07) is 2.44. The summed E-state index contributed by atoms with van der Waals surface area (Å²) in [4.78, 5) is 15.1. The maximum atomic E-state index is 13.3. The number of halogens is 4. The first kappa shape index (κ1) is 13.8. The zero-order valence-corrected chi connectivity index (χ0v) is 9.62. The molecule has 20 heavy (non-hydrogen) atoms. The monoisotopic (exact) mass is 286 g/mol. The highest BCUT2D eigenvalue weighted by Gasteiger charge is 2.22. The summed E-state index contributed by atoms with van der Waals surface area (Å²) in [7, 11) is 0. The van der Waals surface area contributed by atoms with Crippen LogP contribution in [-0.4, -0.2) is 16.0 Å². The standard InChI is InChI=1S/C12H6F4N2O2/c13-5-4-6(14)9(16)11(8(5)15)18-12(20)10-7(19)2-1-3-17-10/h1-4,19H,(H,18,20). The van der Waals surface area contributed by atoms with Gasteiger partial charge in [0.1, 0.15) is 11.4 Å². The van der Waals surface area contributed by atoms with Crippen molar-refractivity contribution in [2.24, 2.45) is 0 Å². The number of amides is 1. The van der Waals surface area contributed by atoms with Crippen molar-refractivity contribution in [3.63, 3.8) is 0 Å². The van der Waals surface area contributed by atoms with Crippen LogP contribution in [0.15, 0.2) is 24.4 Å². The second-order valence-corrected chi connectivity index (χ2v) is 3.67. The van der Waals surface area contributed by atoms with E-state index in [0.29, 0.717) is 0 Å². The highest BCUT2D eigenvalue weighted by molar-refractivity contribution is 6.04. The van der Waals surface area contributed by atoms with Crippen molar-refractivity contribution < 1.29 is 27.5 Å². The summed E-state index contributed by atoms with van der Waals surface area (Å²) in [6.07, 6.45) is 1.15. The number of aromatic hydroxyl groups is 1. The van der Waals surface area contributed by atoms with E-state index < -0.39 is 46.3 Å². The zero-order valence-electron chi connectivity index (χ0n) is 9.62. The maximum Gasteiger partial charge on any atom is 0.278 e. The lowest BCUT2D eigenvalue weighted by Crippen LogP contribution is -2.17. The van der Waals surface area contributed by atoms with Crippen molar-refractivity contribution in [2.75, 3.05) is 5.32 Å². The van der Waals surface area contributed by atoms with Gasteiger partial charge in [-0.2, -0.15) is 0 Å². The Hall–Kier alpha value is -2.64. The van der Waals surface area contributed by atoms with Gasteiger partial charge >= 0.3 is 0 Å². The van der Waals surface area contributed by atoms with Crippen LogP contribution in [0.3, 0.4) is 0 Å². The third-order valence-electron chi connectivity index (χ3n) is 2.35. The fourth-order valence-electron chi connectivity index (χ4n) is 1.43. The number of carbonyl (C=O) groups is 1. The SMILES string of the molecule is O=C(Nc1c(F)c(F)cc(F)c1F)c1ncccc1O. The molecule has 0 unspecified atom stereocenters. The molecule has 1 heterocycles. The number of rotatable bonds is 2. The van der Waals surface area contributed by atoms with E-state index in [1.165, 1.54) is 6.07 Å². The number of pyridine rings is 1. The molecule has 0 spiro atoms. The number of hydrogen-bond donors (Lipinski definition) is 2. The van der Waals surface area contributed by atoms with E-state index in [9.17, 15) is 27.5 Å². The Balaban J connectivity index is 2.41. The highest BCUT2D eigenvalue weighted by atomic mass is 19.2. The molecular formula is C12H6F4N2O2. The number of anilines is 1. The van der Waals surface area contributed by atoms with Crippen LogP contribution in [0, 0.1) is 23.3 Å². The molecule has 0 radical (unpaired) electrons. The Labute approximate surface area is 109 Å². The Kier molecular flexibility index (Phi) is 3.55. The van der Waals surface area contributed by atoms with Crippen LogP contribution in [0.5, 0.6) is 5.75 Å². The quantitative estimate of drug-likeness (QED) is 0.659. The normalized spacial score (nSPS) is 10.4. The average molecular weight is 286 g/mol. The number of hydrogen-bond acceptors (Lipinski definition) is 3. The summed E-state index contributed by atoms with van der Waals surface area (Å²) in [5.41, 5.74) is -1.84. The lowest BCUT2D eigenvalue weighted by atomic mass is 10.2. The minimum Gasteiger partial charge on any atom is -0.505 e. The number of carbonyl (C=O) groups excluding carboxylic acids is 1. The minimum absolute atomic E-state index is 0.0125. The first-order valence-corrected chi connectivity index (χ1v) is 5.20. The van der Waals surface area contributed by atoms with Crippen molar-refractivity contribution >= 4 is 11.6 Å². The predicted molar refractivity (Wildman–Crippen MR) is 60.1 cm³/mol. The van der Waals surface area contributed by atoms with Gasteiger partial charge in [-0.05, 0) is 12.1 Å². The maximum absolute atomic E-state index is 13.3. The molecule has 0 fully saturated rings. The first-order valence-electron chi connectivity index (χ1n) is 5.20. The van der Waals surface area contributed by atoms with Crippen molar-refractivity contribution in [1.29, 1.82) is 0 Å². The molecular weight excluding hydrogens is 280 g/mol. The van der Waals surface area contributed by atoms with Crippen molar-refractivity contribution in [1.82, 2.24) is 4.98 Å². The van der Waals surface area contributed by atoms with E-state index in [2.05, 4.69) is 4.98 Å². The van der Waals surface area contributed by atoms with E-state index in [-0.39, 0.29) is 6.07 Å². The molecule has 2 rings (SSSR count). The van der Waals surface area contributed by atoms with Gasteiger partial charge < -0.3 is 10.4 Å². The van der Waals surface area contributed by atoms with Crippen LogP contribution in [0.1, 0.15) is 10.5 Å². The number of aromatic nitrogens is 1. The number of benzene rings is 1. The Bertz CT molecular complexity index is 665. The van der Waals surface area contributed by atoms with Gasteiger partial charge in [-0.15, -0.1) is 0 Å². The van der Waals surface area contributed by atoms with Crippen molar-refractivity contribution in [3.05, 3.63) is 53.4 Å². The van der Waals surface area contributed by atoms with Crippen LogP contribution in [0.2, 0.25) is 0 Å². The van der Waals surface area contributed by atoms with Gasteiger partial charge in [0.25, 0.3) is 5.91 Å². The van der Waals surface area contributed by atoms with E-state index in [0.717, 1.165) is 12.3 Å². The van der Waals surface area contributed by atoms with Gasteiger partial charge in [0, 0.05) is 12.3 Å². The third kappa shape index (κ3) is 2.40. The molecule has 2 aromatic rings. The largest absolute Gasteiger partial charge is 0.505 e. The second kappa shape index (κ2) is 5.16. The van der Waals surface area contributed by atoms with Crippen LogP contribution < -0.4 is 5.32 Å². The smallest absolute Gasteiger partial charge is 0.278 e. The minimum atomic E-state index is -1.76. The lowest BCUT2D eigenvalue weighted by molar-refractivity contribution is 0.101. The van der Waals surface area contributed by atoms with Gasteiger partial charge in [-0.25, -0.2) is 22.5 Å². The molecule has 0 aliphatic heterocycles. The topological polar surface area (TPSA) is 62.2 Å². The zero-order chi connectivity index (χ0) is 14.9. The van der Waals surface area contributed by atoms with Gasteiger partial charge in [-0.1, -0.05) is 0 Å². The molecule has 0 aliphatic carbocycles. The van der Waals surface area contributed by atoms with Gasteiger partial charge in [-0.3, -0.25) is 4.79 Å². The average Bonchev–Trinajstić information content (AvgIpc) is 2.41. The van der Waals surface area contributed by atoms with Crippen LogP contribution in [0.25, 0.3) is 0 Å². The molecule has 1 amide bonds. The van der Waals surface area contributed by atoms with E-state index >= 15 is 0 Å². The summed E-state index contributed by atoms with van der Waals surface area (Å²) < 4.78 is 52.6. The second-order valence-electron chi connectivity index (χ2n) is 3.67. The number of nitrogens with zero attached hydrogens (tertiary/aromatic N) is 1.